The van der Waals surface area contributed by atoms with Gasteiger partial charge in [0.15, 0.2) is 5.82 Å². The zero-order chi connectivity index (χ0) is 21.1. The van der Waals surface area contributed by atoms with Crippen molar-refractivity contribution in [1.82, 2.24) is 19.2 Å². The van der Waals surface area contributed by atoms with Gasteiger partial charge in [-0.05, 0) is 18.2 Å². The zero-order valence-electron chi connectivity index (χ0n) is 16.3. The van der Waals surface area contributed by atoms with Gasteiger partial charge in [-0.3, -0.25) is 4.79 Å². The molecule has 11 heteroatoms. The number of amides is 1. The molecule has 0 atom stereocenters. The van der Waals surface area contributed by atoms with Crippen molar-refractivity contribution in [2.75, 3.05) is 41.9 Å². The van der Waals surface area contributed by atoms with Crippen LogP contribution in [0.4, 0.5) is 11.5 Å². The largest absolute Gasteiger partial charge is 0.465 e. The Balaban J connectivity index is 1.55. The Morgan fingerprint density at radius 2 is 2.07 bits per heavy atom. The number of ether oxygens (including phenoxy) is 1. The molecule has 4 rings (SSSR count). The van der Waals surface area contributed by atoms with E-state index in [1.54, 1.807) is 30.6 Å². The molecule has 10 nitrogen and oxygen atoms in total. The molecular weight excluding hydrogens is 408 g/mol. The van der Waals surface area contributed by atoms with Gasteiger partial charge in [0.05, 0.1) is 12.7 Å². The van der Waals surface area contributed by atoms with Crippen molar-refractivity contribution >= 4 is 40.8 Å². The van der Waals surface area contributed by atoms with Crippen LogP contribution < -0.4 is 15.9 Å². The summed E-state index contributed by atoms with van der Waals surface area (Å²) in [7, 11) is 1.29. The van der Waals surface area contributed by atoms with Crippen LogP contribution >= 0.6 is 11.8 Å². The second-order valence-electron chi connectivity index (χ2n) is 6.60. The average Bonchev–Trinajstić information content (AvgIpc) is 3.09. The van der Waals surface area contributed by atoms with E-state index < -0.39 is 17.6 Å². The van der Waals surface area contributed by atoms with Gasteiger partial charge in [0, 0.05) is 42.7 Å². The van der Waals surface area contributed by atoms with Gasteiger partial charge in [0.1, 0.15) is 6.54 Å². The number of carbonyl (C=O) groups is 2. The summed E-state index contributed by atoms with van der Waals surface area (Å²) in [5, 5.41) is 7.02. The minimum atomic E-state index is -0.501. The molecule has 1 fully saturated rings. The molecule has 0 saturated carbocycles. The maximum atomic E-state index is 12.7. The molecule has 1 saturated heterocycles. The maximum absolute atomic E-state index is 12.7. The number of rotatable bonds is 5. The molecule has 1 aliphatic rings. The van der Waals surface area contributed by atoms with Gasteiger partial charge in [0.25, 0.3) is 0 Å². The molecular formula is C19H20N6O4S. The van der Waals surface area contributed by atoms with Gasteiger partial charge in [-0.2, -0.15) is 11.8 Å². The summed E-state index contributed by atoms with van der Waals surface area (Å²) in [5.41, 5.74) is 0.747. The average molecular weight is 428 g/mol. The summed E-state index contributed by atoms with van der Waals surface area (Å²) in [6.45, 7) is 1.39. The third kappa shape index (κ3) is 4.01. The summed E-state index contributed by atoms with van der Waals surface area (Å²) in [4.78, 5) is 43.3. The zero-order valence-corrected chi connectivity index (χ0v) is 17.1. The van der Waals surface area contributed by atoms with Gasteiger partial charge in [-0.15, -0.1) is 5.10 Å². The molecule has 1 aromatic carbocycles. The highest BCUT2D eigenvalue weighted by Gasteiger charge is 2.20. The summed E-state index contributed by atoms with van der Waals surface area (Å²) in [6.07, 6.45) is 3.11. The highest BCUT2D eigenvalue weighted by molar-refractivity contribution is 7.99. The molecule has 1 amide bonds. The van der Waals surface area contributed by atoms with Crippen LogP contribution in [-0.2, 0) is 16.1 Å². The van der Waals surface area contributed by atoms with E-state index in [2.05, 4.69) is 25.0 Å². The Labute approximate surface area is 175 Å². The first-order valence-corrected chi connectivity index (χ1v) is 10.5. The summed E-state index contributed by atoms with van der Waals surface area (Å²) in [5.74, 6) is 1.67. The normalized spacial score (nSPS) is 14.0. The molecule has 1 aliphatic heterocycles. The SMILES string of the molecule is COC(=O)c1cccc(NC(=O)Cn2nc3c(N4CCSCC4)nccn3c2=O)c1. The van der Waals surface area contributed by atoms with E-state index >= 15 is 0 Å². The lowest BCUT2D eigenvalue weighted by Gasteiger charge is -2.27. The lowest BCUT2D eigenvalue weighted by atomic mass is 10.2. The number of carbonyl (C=O) groups excluding carboxylic acids is 2. The third-order valence-electron chi connectivity index (χ3n) is 4.65. The predicted octanol–water partition coefficient (Wildman–Crippen LogP) is 0.869. The van der Waals surface area contributed by atoms with Crippen molar-refractivity contribution < 1.29 is 14.3 Å². The molecule has 0 unspecified atom stereocenters. The first-order valence-electron chi connectivity index (χ1n) is 9.32. The van der Waals surface area contributed by atoms with Gasteiger partial charge in [-0.1, -0.05) is 6.07 Å². The maximum Gasteiger partial charge on any atom is 0.350 e. The number of hydrogen-bond donors (Lipinski definition) is 1. The van der Waals surface area contributed by atoms with Gasteiger partial charge >= 0.3 is 11.7 Å². The van der Waals surface area contributed by atoms with Crippen molar-refractivity contribution in [3.63, 3.8) is 0 Å². The number of benzene rings is 1. The molecule has 2 aromatic heterocycles. The Hall–Kier alpha value is -3.34. The third-order valence-corrected chi connectivity index (χ3v) is 5.60. The van der Waals surface area contributed by atoms with E-state index in [4.69, 9.17) is 0 Å². The predicted molar refractivity (Wildman–Crippen MR) is 113 cm³/mol. The minimum Gasteiger partial charge on any atom is -0.465 e. The van der Waals surface area contributed by atoms with Gasteiger partial charge in [0.2, 0.25) is 11.6 Å². The fourth-order valence-corrected chi connectivity index (χ4v) is 4.12. The first kappa shape index (κ1) is 20.0. The van der Waals surface area contributed by atoms with Crippen molar-refractivity contribution in [2.24, 2.45) is 0 Å². The highest BCUT2D eigenvalue weighted by atomic mass is 32.2. The molecule has 156 valence electrons. The van der Waals surface area contributed by atoms with Crippen molar-refractivity contribution in [1.29, 1.82) is 0 Å². The molecule has 3 aromatic rings. The number of methoxy groups -OCH3 is 1. The van der Waals surface area contributed by atoms with Gasteiger partial charge < -0.3 is 15.0 Å². The van der Waals surface area contributed by atoms with E-state index in [0.29, 0.717) is 22.7 Å². The van der Waals surface area contributed by atoms with Crippen LogP contribution in [0.1, 0.15) is 10.4 Å². The van der Waals surface area contributed by atoms with E-state index in [-0.39, 0.29) is 6.54 Å². The smallest absolute Gasteiger partial charge is 0.350 e. The molecule has 0 spiro atoms. The Morgan fingerprint density at radius 3 is 2.83 bits per heavy atom. The van der Waals surface area contributed by atoms with E-state index in [1.807, 2.05) is 11.8 Å². The Kier molecular flexibility index (Phi) is 5.70. The fraction of sp³-hybridized carbons (Fsp3) is 0.316. The molecule has 1 N–H and O–H groups in total. The van der Waals surface area contributed by atoms with Crippen molar-refractivity contribution in [3.05, 3.63) is 52.7 Å². The van der Waals surface area contributed by atoms with Crippen LogP contribution in [0.15, 0.2) is 41.5 Å². The number of fused-ring (bicyclic) bond motifs is 1. The topological polar surface area (TPSA) is 111 Å². The summed E-state index contributed by atoms with van der Waals surface area (Å²) >= 11 is 1.88. The first-order chi connectivity index (χ1) is 14.6. The molecule has 3 heterocycles. The molecule has 0 radical (unpaired) electrons. The lowest BCUT2D eigenvalue weighted by Crippen LogP contribution is -2.33. The fourth-order valence-electron chi connectivity index (χ4n) is 3.21. The van der Waals surface area contributed by atoms with E-state index in [1.165, 1.54) is 17.6 Å². The van der Waals surface area contributed by atoms with Crippen LogP contribution in [0, 0.1) is 0 Å². The van der Waals surface area contributed by atoms with Crippen molar-refractivity contribution in [3.8, 4) is 0 Å². The summed E-state index contributed by atoms with van der Waals surface area (Å²) < 4.78 is 7.19. The lowest BCUT2D eigenvalue weighted by molar-refractivity contribution is -0.117. The van der Waals surface area contributed by atoms with Crippen LogP contribution in [-0.4, -0.2) is 62.7 Å². The number of anilines is 2. The molecule has 0 aliphatic carbocycles. The van der Waals surface area contributed by atoms with Crippen LogP contribution in [0.2, 0.25) is 0 Å². The second-order valence-corrected chi connectivity index (χ2v) is 7.83. The standard InChI is InChI=1S/C19H20N6O4S/c1-29-18(27)13-3-2-4-14(11-13)21-15(26)12-25-19(28)24-6-5-20-16(17(24)22-25)23-7-9-30-10-8-23/h2-6,11H,7-10,12H2,1H3,(H,21,26). The number of aromatic nitrogens is 4. The molecule has 0 bridgehead atoms. The molecule has 30 heavy (non-hydrogen) atoms. The van der Waals surface area contributed by atoms with E-state index in [9.17, 15) is 14.4 Å². The Bertz CT molecular complexity index is 1150. The van der Waals surface area contributed by atoms with Crippen molar-refractivity contribution in [2.45, 2.75) is 6.54 Å². The van der Waals surface area contributed by atoms with Crippen LogP contribution in [0.5, 0.6) is 0 Å². The quantitative estimate of drug-likeness (QED) is 0.596. The number of thioether (sulfide) groups is 1. The van der Waals surface area contributed by atoms with Crippen LogP contribution in [0.25, 0.3) is 5.65 Å². The van der Waals surface area contributed by atoms with E-state index in [0.717, 1.165) is 29.3 Å². The minimum absolute atomic E-state index is 0.266. The van der Waals surface area contributed by atoms with Crippen LogP contribution in [0.3, 0.4) is 0 Å². The number of hydrogen-bond acceptors (Lipinski definition) is 8. The Morgan fingerprint density at radius 1 is 1.27 bits per heavy atom. The van der Waals surface area contributed by atoms with Gasteiger partial charge in [-0.25, -0.2) is 23.7 Å². The monoisotopic (exact) mass is 428 g/mol. The number of esters is 1. The number of nitrogens with one attached hydrogen (secondary N) is 1. The highest BCUT2D eigenvalue weighted by Crippen LogP contribution is 2.20. The summed E-state index contributed by atoms with van der Waals surface area (Å²) in [6, 6.07) is 6.37. The second kappa shape index (κ2) is 8.57. The number of nitrogens with zero attached hydrogens (tertiary/aromatic N) is 5.